The molecule has 0 aliphatic carbocycles. The van der Waals surface area contributed by atoms with Crippen molar-refractivity contribution in [3.63, 3.8) is 0 Å². The van der Waals surface area contributed by atoms with Crippen LogP contribution >= 0.6 is 35.6 Å². The maximum atomic E-state index is 6.11. The number of guanidine groups is 1. The number of benzene rings is 1. The van der Waals surface area contributed by atoms with Crippen molar-refractivity contribution < 1.29 is 4.74 Å². The molecule has 1 aliphatic rings. The Labute approximate surface area is 154 Å². The number of hydrogen-bond donors (Lipinski definition) is 1. The molecule has 22 heavy (non-hydrogen) atoms. The highest BCUT2D eigenvalue weighted by Gasteiger charge is 2.25. The summed E-state index contributed by atoms with van der Waals surface area (Å²) in [5.41, 5.74) is 1.05. The van der Waals surface area contributed by atoms with Crippen LogP contribution in [0.25, 0.3) is 0 Å². The Bertz CT molecular complexity index is 524. The van der Waals surface area contributed by atoms with E-state index in [-0.39, 0.29) is 24.0 Å². The van der Waals surface area contributed by atoms with Crippen LogP contribution in [0.15, 0.2) is 23.2 Å². The van der Waals surface area contributed by atoms with E-state index >= 15 is 0 Å². The molecule has 0 aromatic heterocycles. The number of hydrogen-bond acceptors (Lipinski definition) is 3. The Morgan fingerprint density at radius 1 is 1.45 bits per heavy atom. The summed E-state index contributed by atoms with van der Waals surface area (Å²) in [5.74, 6) is 1.76. The molecule has 1 atom stereocenters. The molecule has 0 bridgehead atoms. The van der Waals surface area contributed by atoms with Crippen molar-refractivity contribution in [2.45, 2.75) is 12.5 Å². The van der Waals surface area contributed by atoms with Gasteiger partial charge in [0.2, 0.25) is 0 Å². The smallest absolute Gasteiger partial charge is 0.193 e. The summed E-state index contributed by atoms with van der Waals surface area (Å²) in [5, 5.41) is 4.21. The lowest BCUT2D eigenvalue weighted by molar-refractivity contribution is 0.415. The SMILES string of the molecule is CN=C(NC1CCN(c2cc(Cl)ccc2OC)C1)N(C)C.I. The summed E-state index contributed by atoms with van der Waals surface area (Å²) in [6, 6.07) is 6.10. The molecule has 1 aromatic carbocycles. The van der Waals surface area contributed by atoms with Crippen LogP contribution in [0.5, 0.6) is 5.75 Å². The highest BCUT2D eigenvalue weighted by atomic mass is 127. The number of nitrogens with zero attached hydrogens (tertiary/aromatic N) is 3. The largest absolute Gasteiger partial charge is 0.495 e. The molecule has 2 rings (SSSR count). The third-order valence-electron chi connectivity index (χ3n) is 3.64. The molecule has 0 saturated carbocycles. The van der Waals surface area contributed by atoms with Crippen LogP contribution in [-0.4, -0.2) is 58.2 Å². The normalized spacial score (nSPS) is 18.0. The Hall–Kier alpha value is -0.890. The third-order valence-corrected chi connectivity index (χ3v) is 3.87. The molecular formula is C15H24ClIN4O. The molecule has 7 heteroatoms. The Morgan fingerprint density at radius 2 is 2.18 bits per heavy atom. The van der Waals surface area contributed by atoms with Gasteiger partial charge in [0, 0.05) is 45.3 Å². The molecule has 5 nitrogen and oxygen atoms in total. The predicted octanol–water partition coefficient (Wildman–Crippen LogP) is 2.68. The fraction of sp³-hybridized carbons (Fsp3) is 0.533. The zero-order valence-corrected chi connectivity index (χ0v) is 16.6. The van der Waals surface area contributed by atoms with Gasteiger partial charge in [-0.1, -0.05) is 11.6 Å². The monoisotopic (exact) mass is 438 g/mol. The highest BCUT2D eigenvalue weighted by Crippen LogP contribution is 2.33. The van der Waals surface area contributed by atoms with Gasteiger partial charge in [0.1, 0.15) is 5.75 Å². The average Bonchev–Trinajstić information content (AvgIpc) is 2.92. The van der Waals surface area contributed by atoms with E-state index in [1.807, 2.05) is 37.2 Å². The highest BCUT2D eigenvalue weighted by molar-refractivity contribution is 14.0. The summed E-state index contributed by atoms with van der Waals surface area (Å²) in [6.07, 6.45) is 1.06. The van der Waals surface area contributed by atoms with E-state index in [2.05, 4.69) is 15.2 Å². The number of nitrogens with one attached hydrogen (secondary N) is 1. The topological polar surface area (TPSA) is 40.1 Å². The van der Waals surface area contributed by atoms with Crippen LogP contribution in [-0.2, 0) is 0 Å². The van der Waals surface area contributed by atoms with Gasteiger partial charge < -0.3 is 19.9 Å². The van der Waals surface area contributed by atoms with Crippen LogP contribution in [0.3, 0.4) is 0 Å². The van der Waals surface area contributed by atoms with E-state index in [4.69, 9.17) is 16.3 Å². The van der Waals surface area contributed by atoms with Gasteiger partial charge in [0.25, 0.3) is 0 Å². The van der Waals surface area contributed by atoms with Gasteiger partial charge in [-0.2, -0.15) is 0 Å². The number of anilines is 1. The molecule has 0 amide bonds. The summed E-state index contributed by atoms with van der Waals surface area (Å²) in [6.45, 7) is 1.88. The minimum absolute atomic E-state index is 0. The fourth-order valence-electron chi connectivity index (χ4n) is 2.58. The molecular weight excluding hydrogens is 415 g/mol. The van der Waals surface area contributed by atoms with Crippen molar-refractivity contribution in [3.8, 4) is 5.75 Å². The lowest BCUT2D eigenvalue weighted by Gasteiger charge is -2.23. The molecule has 1 N–H and O–H groups in total. The second-order valence-corrected chi connectivity index (χ2v) is 5.77. The molecule has 0 radical (unpaired) electrons. The van der Waals surface area contributed by atoms with Crippen molar-refractivity contribution in [2.75, 3.05) is 46.2 Å². The van der Waals surface area contributed by atoms with E-state index in [1.165, 1.54) is 0 Å². The third kappa shape index (κ3) is 4.55. The first-order valence-electron chi connectivity index (χ1n) is 7.04. The fourth-order valence-corrected chi connectivity index (χ4v) is 2.75. The number of aliphatic imine (C=N–C) groups is 1. The van der Waals surface area contributed by atoms with Crippen molar-refractivity contribution in [1.29, 1.82) is 0 Å². The van der Waals surface area contributed by atoms with Gasteiger partial charge in [-0.25, -0.2) is 0 Å². The molecule has 124 valence electrons. The number of ether oxygens (including phenoxy) is 1. The van der Waals surface area contributed by atoms with Crippen LogP contribution in [0.2, 0.25) is 5.02 Å². The zero-order valence-electron chi connectivity index (χ0n) is 13.5. The Kier molecular flexibility index (Phi) is 7.55. The minimum Gasteiger partial charge on any atom is -0.495 e. The molecule has 1 aromatic rings. The molecule has 1 saturated heterocycles. The first kappa shape index (κ1) is 19.2. The van der Waals surface area contributed by atoms with Crippen LogP contribution < -0.4 is 15.0 Å². The van der Waals surface area contributed by atoms with Crippen LogP contribution in [0.4, 0.5) is 5.69 Å². The van der Waals surface area contributed by atoms with Crippen molar-refractivity contribution in [2.24, 2.45) is 4.99 Å². The minimum atomic E-state index is 0. The first-order valence-corrected chi connectivity index (χ1v) is 7.42. The lowest BCUT2D eigenvalue weighted by atomic mass is 10.2. The zero-order chi connectivity index (χ0) is 15.4. The standard InChI is InChI=1S/C15H23ClN4O.HI/c1-17-15(19(2)3)18-12-7-8-20(10-12)13-9-11(16)5-6-14(13)21-4;/h5-6,9,12H,7-8,10H2,1-4H3,(H,17,18);1H. The van der Waals surface area contributed by atoms with Gasteiger partial charge in [0.15, 0.2) is 5.96 Å². The van der Waals surface area contributed by atoms with E-state index < -0.39 is 0 Å². The van der Waals surface area contributed by atoms with Gasteiger partial charge in [-0.05, 0) is 24.6 Å². The average molecular weight is 439 g/mol. The molecule has 1 unspecified atom stereocenters. The van der Waals surface area contributed by atoms with Crippen LogP contribution in [0.1, 0.15) is 6.42 Å². The second kappa shape index (κ2) is 8.67. The molecule has 0 spiro atoms. The Balaban J connectivity index is 0.00000242. The van der Waals surface area contributed by atoms with E-state index in [0.29, 0.717) is 6.04 Å². The predicted molar refractivity (Wildman–Crippen MR) is 104 cm³/mol. The van der Waals surface area contributed by atoms with Crippen molar-refractivity contribution >= 4 is 47.2 Å². The Morgan fingerprint density at radius 3 is 2.77 bits per heavy atom. The molecule has 1 heterocycles. The summed E-state index contributed by atoms with van der Waals surface area (Å²) in [7, 11) is 7.46. The second-order valence-electron chi connectivity index (χ2n) is 5.33. The van der Waals surface area contributed by atoms with E-state index in [1.54, 1.807) is 14.2 Å². The van der Waals surface area contributed by atoms with E-state index in [9.17, 15) is 0 Å². The maximum absolute atomic E-state index is 6.11. The lowest BCUT2D eigenvalue weighted by Crippen LogP contribution is -2.43. The van der Waals surface area contributed by atoms with Gasteiger partial charge >= 0.3 is 0 Å². The molecule has 1 fully saturated rings. The summed E-state index contributed by atoms with van der Waals surface area (Å²) < 4.78 is 5.44. The van der Waals surface area contributed by atoms with Crippen LogP contribution in [0, 0.1) is 0 Å². The first-order chi connectivity index (χ1) is 10.0. The van der Waals surface area contributed by atoms with Gasteiger partial charge in [0.05, 0.1) is 12.8 Å². The number of halogens is 2. The number of methoxy groups -OCH3 is 1. The van der Waals surface area contributed by atoms with Crippen molar-refractivity contribution in [3.05, 3.63) is 23.2 Å². The van der Waals surface area contributed by atoms with Gasteiger partial charge in [-0.15, -0.1) is 24.0 Å². The van der Waals surface area contributed by atoms with Crippen molar-refractivity contribution in [1.82, 2.24) is 10.2 Å². The molecule has 1 aliphatic heterocycles. The van der Waals surface area contributed by atoms with E-state index in [0.717, 1.165) is 41.9 Å². The quantitative estimate of drug-likeness (QED) is 0.447. The summed E-state index contributed by atoms with van der Waals surface area (Å²) in [4.78, 5) is 8.55. The number of rotatable bonds is 3. The maximum Gasteiger partial charge on any atom is 0.193 e. The van der Waals surface area contributed by atoms with Gasteiger partial charge in [-0.3, -0.25) is 4.99 Å². The summed E-state index contributed by atoms with van der Waals surface area (Å²) >= 11 is 6.11.